The minimum atomic E-state index is 0. The highest BCUT2D eigenvalue weighted by atomic mass is 35.5. The Bertz CT molecular complexity index is 956. The van der Waals surface area contributed by atoms with Crippen molar-refractivity contribution in [3.8, 4) is 28.2 Å². The van der Waals surface area contributed by atoms with Crippen LogP contribution in [0.15, 0.2) is 72.5 Å². The molecular formula is C21H18ClN3S. The topological polar surface area (TPSA) is 29.7 Å². The monoisotopic (exact) mass is 379 g/mol. The van der Waals surface area contributed by atoms with Crippen molar-refractivity contribution < 1.29 is 17.0 Å². The van der Waals surface area contributed by atoms with Gasteiger partial charge < -0.3 is 12.4 Å². The van der Waals surface area contributed by atoms with Crippen LogP contribution in [0.4, 0.5) is 0 Å². The molecule has 1 aromatic carbocycles. The predicted molar refractivity (Wildman–Crippen MR) is 102 cm³/mol. The molecule has 0 fully saturated rings. The van der Waals surface area contributed by atoms with Crippen molar-refractivity contribution in [3.05, 3.63) is 83.1 Å². The second-order valence-electron chi connectivity index (χ2n) is 5.87. The fourth-order valence-corrected chi connectivity index (χ4v) is 3.74. The van der Waals surface area contributed by atoms with Crippen molar-refractivity contribution >= 4 is 11.3 Å². The summed E-state index contributed by atoms with van der Waals surface area (Å²) in [5.74, 6) is 0. The quantitative estimate of drug-likeness (QED) is 0.508. The number of nitrogens with zero attached hydrogens (tertiary/aromatic N) is 3. The van der Waals surface area contributed by atoms with E-state index >= 15 is 0 Å². The molecular weight excluding hydrogens is 362 g/mol. The lowest BCUT2D eigenvalue weighted by Gasteiger charge is -2.09. The van der Waals surface area contributed by atoms with Crippen LogP contribution in [0.1, 0.15) is 10.6 Å². The lowest BCUT2D eigenvalue weighted by atomic mass is 10.0. The van der Waals surface area contributed by atoms with Gasteiger partial charge in [-0.3, -0.25) is 9.97 Å². The van der Waals surface area contributed by atoms with Gasteiger partial charge in [0.15, 0.2) is 5.69 Å². The molecule has 0 amide bonds. The molecule has 4 rings (SSSR count). The van der Waals surface area contributed by atoms with Gasteiger partial charge in [-0.05, 0) is 43.3 Å². The Hall–Kier alpha value is -2.56. The standard InChI is InChI=1S/C21H18N3S.ClH/c1-15-16(2)25-14-24(15)21-17(19-10-3-5-12-22-19)8-7-9-18(21)20-11-4-6-13-23-20;/h3-14H,1-2H3;1H/q+1;/p-1. The Kier molecular flexibility index (Phi) is 5.45. The van der Waals surface area contributed by atoms with Crippen LogP contribution >= 0.6 is 11.3 Å². The Morgan fingerprint density at radius 1 is 0.769 bits per heavy atom. The van der Waals surface area contributed by atoms with Crippen LogP contribution in [-0.2, 0) is 0 Å². The highest BCUT2D eigenvalue weighted by Gasteiger charge is 2.25. The Morgan fingerprint density at radius 3 is 1.77 bits per heavy atom. The van der Waals surface area contributed by atoms with Gasteiger partial charge in [0.05, 0.1) is 27.4 Å². The molecule has 0 atom stereocenters. The number of hydrogen-bond acceptors (Lipinski definition) is 3. The van der Waals surface area contributed by atoms with Crippen LogP contribution < -0.4 is 17.0 Å². The van der Waals surface area contributed by atoms with Crippen molar-refractivity contribution in [1.82, 2.24) is 9.97 Å². The fraction of sp³-hybridized carbons (Fsp3) is 0.0952. The van der Waals surface area contributed by atoms with Gasteiger partial charge in [0, 0.05) is 19.3 Å². The Labute approximate surface area is 163 Å². The summed E-state index contributed by atoms with van der Waals surface area (Å²) in [6.07, 6.45) is 3.67. The van der Waals surface area contributed by atoms with E-state index in [1.165, 1.54) is 10.6 Å². The van der Waals surface area contributed by atoms with E-state index in [1.54, 1.807) is 11.3 Å². The highest BCUT2D eigenvalue weighted by Crippen LogP contribution is 2.31. The Morgan fingerprint density at radius 2 is 1.35 bits per heavy atom. The second-order valence-corrected chi connectivity index (χ2v) is 6.93. The lowest BCUT2D eigenvalue weighted by molar-refractivity contribution is -0.596. The van der Waals surface area contributed by atoms with Gasteiger partial charge in [-0.2, -0.15) is 4.57 Å². The molecule has 0 aliphatic rings. The summed E-state index contributed by atoms with van der Waals surface area (Å²) in [4.78, 5) is 10.5. The average Bonchev–Trinajstić information content (AvgIpc) is 3.01. The molecule has 0 aliphatic heterocycles. The molecule has 3 heterocycles. The molecule has 26 heavy (non-hydrogen) atoms. The molecule has 0 saturated heterocycles. The van der Waals surface area contributed by atoms with Crippen molar-refractivity contribution in [2.75, 3.05) is 0 Å². The van der Waals surface area contributed by atoms with Crippen LogP contribution in [0.25, 0.3) is 28.2 Å². The maximum Gasteiger partial charge on any atom is 0.231 e. The average molecular weight is 380 g/mol. The van der Waals surface area contributed by atoms with Crippen molar-refractivity contribution in [3.63, 3.8) is 0 Å². The summed E-state index contributed by atoms with van der Waals surface area (Å²) < 4.78 is 2.26. The SMILES string of the molecule is Cc1sc[n+](-c2c(-c3ccccn3)cccc2-c2ccccn2)c1C.[Cl-]. The number of para-hydroxylation sites is 1. The molecule has 5 heteroatoms. The van der Waals surface area contributed by atoms with E-state index in [-0.39, 0.29) is 12.4 Å². The molecule has 3 nitrogen and oxygen atoms in total. The first kappa shape index (κ1) is 18.2. The van der Waals surface area contributed by atoms with Gasteiger partial charge in [0.2, 0.25) is 11.2 Å². The number of aryl methyl sites for hydroxylation is 1. The first-order valence-electron chi connectivity index (χ1n) is 8.18. The number of pyridine rings is 2. The minimum absolute atomic E-state index is 0. The van der Waals surface area contributed by atoms with Crippen LogP contribution in [-0.4, -0.2) is 9.97 Å². The molecule has 0 spiro atoms. The van der Waals surface area contributed by atoms with Gasteiger partial charge in [0.25, 0.3) is 0 Å². The third-order valence-electron chi connectivity index (χ3n) is 4.36. The number of aromatic nitrogens is 3. The second kappa shape index (κ2) is 7.77. The van der Waals surface area contributed by atoms with Crippen molar-refractivity contribution in [2.24, 2.45) is 0 Å². The van der Waals surface area contributed by atoms with Gasteiger partial charge >= 0.3 is 0 Å². The molecule has 0 saturated carbocycles. The first-order chi connectivity index (χ1) is 12.3. The van der Waals surface area contributed by atoms with E-state index in [4.69, 9.17) is 0 Å². The number of thiazole rings is 1. The van der Waals surface area contributed by atoms with Crippen LogP contribution in [0.2, 0.25) is 0 Å². The van der Waals surface area contributed by atoms with E-state index in [0.29, 0.717) is 0 Å². The summed E-state index contributed by atoms with van der Waals surface area (Å²) >= 11 is 1.76. The molecule has 3 aromatic heterocycles. The van der Waals surface area contributed by atoms with Crippen molar-refractivity contribution in [2.45, 2.75) is 13.8 Å². The minimum Gasteiger partial charge on any atom is -1.00 e. The maximum atomic E-state index is 4.58. The van der Waals surface area contributed by atoms with Gasteiger partial charge in [0.1, 0.15) is 0 Å². The van der Waals surface area contributed by atoms with Crippen LogP contribution in [0.5, 0.6) is 0 Å². The summed E-state index contributed by atoms with van der Waals surface area (Å²) in [7, 11) is 0. The fourth-order valence-electron chi connectivity index (χ4n) is 2.95. The molecule has 0 aliphatic carbocycles. The third-order valence-corrected chi connectivity index (χ3v) is 5.33. The predicted octanol–water partition coefficient (Wildman–Crippen LogP) is 1.77. The highest BCUT2D eigenvalue weighted by molar-refractivity contribution is 7.09. The Balaban J connectivity index is 0.00000196. The van der Waals surface area contributed by atoms with Crippen molar-refractivity contribution in [1.29, 1.82) is 0 Å². The lowest BCUT2D eigenvalue weighted by Crippen LogP contribution is -3.00. The van der Waals surface area contributed by atoms with E-state index in [9.17, 15) is 0 Å². The largest absolute Gasteiger partial charge is 1.00 e. The summed E-state index contributed by atoms with van der Waals surface area (Å²) in [5.41, 5.74) is 8.67. The summed E-state index contributed by atoms with van der Waals surface area (Å²) in [6, 6.07) is 18.4. The number of halogens is 1. The zero-order valence-electron chi connectivity index (χ0n) is 14.6. The van der Waals surface area contributed by atoms with E-state index in [1.807, 2.05) is 36.7 Å². The molecule has 0 radical (unpaired) electrons. The summed E-state index contributed by atoms with van der Waals surface area (Å²) in [5, 5.41) is 0. The molecule has 0 unspecified atom stereocenters. The van der Waals surface area contributed by atoms with Gasteiger partial charge in [-0.15, -0.1) is 0 Å². The molecule has 0 bridgehead atoms. The first-order valence-corrected chi connectivity index (χ1v) is 9.06. The van der Waals surface area contributed by atoms with Crippen LogP contribution in [0, 0.1) is 13.8 Å². The zero-order chi connectivity index (χ0) is 17.2. The number of benzene rings is 1. The maximum absolute atomic E-state index is 4.58. The van der Waals surface area contributed by atoms with E-state index < -0.39 is 0 Å². The molecule has 0 N–H and O–H groups in total. The summed E-state index contributed by atoms with van der Waals surface area (Å²) in [6.45, 7) is 4.31. The zero-order valence-corrected chi connectivity index (χ0v) is 16.1. The van der Waals surface area contributed by atoms with E-state index in [0.717, 1.165) is 28.2 Å². The van der Waals surface area contributed by atoms with E-state index in [2.05, 4.69) is 64.2 Å². The van der Waals surface area contributed by atoms with Gasteiger partial charge in [-0.1, -0.05) is 29.5 Å². The number of hydrogen-bond donors (Lipinski definition) is 0. The van der Waals surface area contributed by atoms with Gasteiger partial charge in [-0.25, -0.2) is 0 Å². The third kappa shape index (κ3) is 3.26. The normalized spacial score (nSPS) is 10.4. The molecule has 130 valence electrons. The smallest absolute Gasteiger partial charge is 0.231 e. The van der Waals surface area contributed by atoms with Crippen LogP contribution in [0.3, 0.4) is 0 Å². The number of rotatable bonds is 3. The molecule has 4 aromatic rings.